The van der Waals surface area contributed by atoms with Crippen molar-refractivity contribution in [3.63, 3.8) is 0 Å². The van der Waals surface area contributed by atoms with Crippen LogP contribution in [-0.2, 0) is 4.79 Å². The fourth-order valence-corrected chi connectivity index (χ4v) is 2.69. The minimum Gasteiger partial charge on any atom is -0.309 e. The molecule has 6 nitrogen and oxygen atoms in total. The van der Waals surface area contributed by atoms with Gasteiger partial charge in [0.25, 0.3) is 11.5 Å². The zero-order valence-corrected chi connectivity index (χ0v) is 12.3. The molecule has 0 saturated heterocycles. The number of amides is 1. The van der Waals surface area contributed by atoms with Crippen LogP contribution >= 0.6 is 0 Å². The highest BCUT2D eigenvalue weighted by atomic mass is 16.2. The van der Waals surface area contributed by atoms with Crippen molar-refractivity contribution in [3.8, 4) is 0 Å². The first-order chi connectivity index (χ1) is 11.2. The third-order valence-corrected chi connectivity index (χ3v) is 3.88. The van der Waals surface area contributed by atoms with Crippen molar-refractivity contribution in [2.75, 3.05) is 11.9 Å². The Labute approximate surface area is 131 Å². The number of nitrogens with zero attached hydrogens (tertiary/aromatic N) is 4. The third-order valence-electron chi connectivity index (χ3n) is 3.88. The zero-order valence-electron chi connectivity index (χ0n) is 12.3. The Kier molecular flexibility index (Phi) is 2.84. The zero-order chi connectivity index (χ0) is 16.0. The summed E-state index contributed by atoms with van der Waals surface area (Å²) in [5.74, 6) is -0.244. The van der Waals surface area contributed by atoms with Gasteiger partial charge in [-0.2, -0.15) is 9.78 Å². The van der Waals surface area contributed by atoms with Crippen LogP contribution in [0.1, 0.15) is 5.56 Å². The minimum atomic E-state index is -0.303. The van der Waals surface area contributed by atoms with E-state index in [2.05, 4.69) is 10.1 Å². The van der Waals surface area contributed by atoms with Crippen LogP contribution in [0, 0.1) is 0 Å². The summed E-state index contributed by atoms with van der Waals surface area (Å²) in [7, 11) is 1.69. The summed E-state index contributed by atoms with van der Waals surface area (Å²) in [6.45, 7) is 0. The molecule has 0 unspecified atom stereocenters. The summed E-state index contributed by atoms with van der Waals surface area (Å²) in [6, 6.07) is 14.4. The first-order valence-electron chi connectivity index (χ1n) is 7.09. The van der Waals surface area contributed by atoms with E-state index in [-0.39, 0.29) is 17.2 Å². The number of anilines is 1. The fourth-order valence-electron chi connectivity index (χ4n) is 2.69. The second-order valence-electron chi connectivity index (χ2n) is 5.24. The molecule has 1 aliphatic heterocycles. The highest BCUT2D eigenvalue weighted by Crippen LogP contribution is 2.27. The Morgan fingerprint density at radius 2 is 1.74 bits per heavy atom. The molecule has 0 radical (unpaired) electrons. The predicted molar refractivity (Wildman–Crippen MR) is 87.8 cm³/mol. The van der Waals surface area contributed by atoms with Gasteiger partial charge in [-0.1, -0.05) is 30.3 Å². The Balaban J connectivity index is 1.93. The molecule has 0 N–H and O–H groups in total. The van der Waals surface area contributed by atoms with E-state index in [1.54, 1.807) is 25.2 Å². The van der Waals surface area contributed by atoms with Gasteiger partial charge < -0.3 is 4.90 Å². The van der Waals surface area contributed by atoms with Crippen molar-refractivity contribution in [1.82, 2.24) is 9.66 Å². The molecule has 0 bridgehead atoms. The van der Waals surface area contributed by atoms with Crippen molar-refractivity contribution in [1.29, 1.82) is 0 Å². The molecule has 2 heterocycles. The van der Waals surface area contributed by atoms with Crippen molar-refractivity contribution in [2.24, 2.45) is 5.10 Å². The van der Waals surface area contributed by atoms with Crippen LogP contribution in [0.5, 0.6) is 0 Å². The summed E-state index contributed by atoms with van der Waals surface area (Å²) in [5, 5.41) is 4.71. The number of hydrogen-bond acceptors (Lipinski definition) is 4. The van der Waals surface area contributed by atoms with Gasteiger partial charge in [-0.05, 0) is 18.2 Å². The van der Waals surface area contributed by atoms with Crippen LogP contribution in [0.3, 0.4) is 0 Å². The van der Waals surface area contributed by atoms with Gasteiger partial charge in [0.1, 0.15) is 6.33 Å². The van der Waals surface area contributed by atoms with Gasteiger partial charge in [0.05, 0.1) is 16.6 Å². The molecule has 0 fully saturated rings. The lowest BCUT2D eigenvalue weighted by atomic mass is 10.1. The van der Waals surface area contributed by atoms with E-state index in [1.165, 1.54) is 11.2 Å². The van der Waals surface area contributed by atoms with Gasteiger partial charge >= 0.3 is 0 Å². The maximum atomic E-state index is 12.5. The fraction of sp³-hybridized carbons (Fsp3) is 0.0588. The van der Waals surface area contributed by atoms with E-state index < -0.39 is 0 Å². The molecule has 23 heavy (non-hydrogen) atoms. The van der Waals surface area contributed by atoms with Crippen LogP contribution in [-0.4, -0.2) is 28.3 Å². The van der Waals surface area contributed by atoms with Crippen molar-refractivity contribution in [2.45, 2.75) is 0 Å². The summed E-state index contributed by atoms with van der Waals surface area (Å²) in [6.07, 6.45) is 1.34. The first kappa shape index (κ1) is 13.4. The monoisotopic (exact) mass is 304 g/mol. The van der Waals surface area contributed by atoms with E-state index in [0.29, 0.717) is 16.5 Å². The molecule has 4 rings (SSSR count). The van der Waals surface area contributed by atoms with E-state index >= 15 is 0 Å². The smallest absolute Gasteiger partial charge is 0.281 e. The molecule has 2 aromatic carbocycles. The molecule has 1 aliphatic rings. The Morgan fingerprint density at radius 1 is 1.00 bits per heavy atom. The van der Waals surface area contributed by atoms with E-state index in [1.807, 2.05) is 30.3 Å². The average Bonchev–Trinajstić information content (AvgIpc) is 2.83. The van der Waals surface area contributed by atoms with Crippen LogP contribution in [0.4, 0.5) is 5.69 Å². The maximum absolute atomic E-state index is 12.5. The molecular formula is C17H12N4O2. The number of likely N-dealkylation sites (N-methyl/N-ethyl adjacent to an activating group) is 1. The number of carbonyl (C=O) groups excluding carboxylic acids is 1. The highest BCUT2D eigenvalue weighted by molar-refractivity contribution is 6.54. The topological polar surface area (TPSA) is 67.6 Å². The van der Waals surface area contributed by atoms with Crippen LogP contribution in [0.25, 0.3) is 10.9 Å². The summed E-state index contributed by atoms with van der Waals surface area (Å²) < 4.78 is 1.12. The average molecular weight is 304 g/mol. The highest BCUT2D eigenvalue weighted by Gasteiger charge is 2.31. The van der Waals surface area contributed by atoms with Crippen LogP contribution in [0.15, 0.2) is 64.8 Å². The molecule has 0 aliphatic carbocycles. The molecule has 1 aromatic heterocycles. The van der Waals surface area contributed by atoms with E-state index in [0.717, 1.165) is 10.4 Å². The van der Waals surface area contributed by atoms with Gasteiger partial charge in [0.15, 0.2) is 5.71 Å². The molecule has 0 spiro atoms. The third kappa shape index (κ3) is 1.96. The predicted octanol–water partition coefficient (Wildman–Crippen LogP) is 1.63. The van der Waals surface area contributed by atoms with Crippen molar-refractivity contribution >= 4 is 28.2 Å². The standard InChI is InChI=1S/C17H12N4O2/c1-20-14-9-5-3-7-12(14)15(17(20)23)19-21-10-18-13-8-4-2-6-11(13)16(21)22/h2-10H,1H3/b19-15+. The van der Waals surface area contributed by atoms with Gasteiger partial charge in [-0.25, -0.2) is 4.98 Å². The SMILES string of the molecule is CN1C(=O)/C(=N/n2cnc3ccccc3c2=O)c2ccccc21. The lowest BCUT2D eigenvalue weighted by molar-refractivity contribution is -0.112. The number of fused-ring (bicyclic) bond motifs is 2. The van der Waals surface area contributed by atoms with E-state index in [9.17, 15) is 9.59 Å². The number of carbonyl (C=O) groups is 1. The van der Waals surface area contributed by atoms with Crippen LogP contribution < -0.4 is 10.5 Å². The second-order valence-corrected chi connectivity index (χ2v) is 5.24. The Bertz CT molecular complexity index is 1040. The Morgan fingerprint density at radius 3 is 2.61 bits per heavy atom. The normalized spacial score (nSPS) is 15.4. The number of para-hydroxylation sites is 2. The van der Waals surface area contributed by atoms with Gasteiger partial charge in [0, 0.05) is 12.6 Å². The van der Waals surface area contributed by atoms with Gasteiger partial charge in [-0.3, -0.25) is 9.59 Å². The van der Waals surface area contributed by atoms with Crippen molar-refractivity contribution < 1.29 is 4.79 Å². The quantitative estimate of drug-likeness (QED) is 0.686. The largest absolute Gasteiger partial charge is 0.309 e. The van der Waals surface area contributed by atoms with E-state index in [4.69, 9.17) is 0 Å². The molecule has 3 aromatic rings. The summed E-state index contributed by atoms with van der Waals surface area (Å²) >= 11 is 0. The molecule has 0 atom stereocenters. The maximum Gasteiger partial charge on any atom is 0.281 e. The molecular weight excluding hydrogens is 292 g/mol. The molecule has 6 heteroatoms. The second kappa shape index (κ2) is 4.88. The molecule has 0 saturated carbocycles. The first-order valence-corrected chi connectivity index (χ1v) is 7.09. The Hall–Kier alpha value is -3.28. The summed E-state index contributed by atoms with van der Waals surface area (Å²) in [5.41, 5.74) is 2.02. The van der Waals surface area contributed by atoms with Crippen LogP contribution in [0.2, 0.25) is 0 Å². The number of hydrogen-bond donors (Lipinski definition) is 0. The molecule has 112 valence electrons. The summed E-state index contributed by atoms with van der Waals surface area (Å²) in [4.78, 5) is 30.6. The number of aromatic nitrogens is 2. The lowest BCUT2D eigenvalue weighted by Gasteiger charge is -2.07. The minimum absolute atomic E-state index is 0.238. The van der Waals surface area contributed by atoms with Gasteiger partial charge in [0.2, 0.25) is 0 Å². The molecule has 1 amide bonds. The number of rotatable bonds is 1. The van der Waals surface area contributed by atoms with Gasteiger partial charge in [-0.15, -0.1) is 0 Å². The lowest BCUT2D eigenvalue weighted by Crippen LogP contribution is -2.27. The van der Waals surface area contributed by atoms with Crippen molar-refractivity contribution in [3.05, 3.63) is 70.8 Å². The number of benzene rings is 2.